The van der Waals surface area contributed by atoms with Crippen molar-refractivity contribution >= 4 is 5.91 Å². The number of carbonyl (C=O) groups is 1. The van der Waals surface area contributed by atoms with Gasteiger partial charge in [0.15, 0.2) is 0 Å². The third-order valence-corrected chi connectivity index (χ3v) is 3.22. The number of rotatable bonds is 3. The maximum Gasteiger partial charge on any atom is 0.224 e. The standard InChI is InChI=1S/C13H18N2O/c14-12-8-4-7-11(12)13(16)15-9-10-5-2-1-3-6-10/h1-3,5-6,11-12H,4,7-9,14H2,(H,15,16). The third kappa shape index (κ3) is 2.61. The molecule has 1 aliphatic carbocycles. The van der Waals surface area contributed by atoms with Crippen molar-refractivity contribution in [3.63, 3.8) is 0 Å². The predicted molar refractivity (Wildman–Crippen MR) is 63.6 cm³/mol. The molecule has 1 aromatic rings. The molecule has 2 unspecified atom stereocenters. The Labute approximate surface area is 96.0 Å². The molecule has 2 rings (SSSR count). The second kappa shape index (κ2) is 5.12. The first-order chi connectivity index (χ1) is 7.77. The highest BCUT2D eigenvalue weighted by molar-refractivity contribution is 5.79. The molecule has 0 saturated heterocycles. The van der Waals surface area contributed by atoms with E-state index in [1.807, 2.05) is 30.3 Å². The summed E-state index contributed by atoms with van der Waals surface area (Å²) in [6, 6.07) is 9.99. The van der Waals surface area contributed by atoms with E-state index in [2.05, 4.69) is 5.32 Å². The number of nitrogens with one attached hydrogen (secondary N) is 1. The van der Waals surface area contributed by atoms with Crippen LogP contribution in [0.25, 0.3) is 0 Å². The minimum absolute atomic E-state index is 0.0173. The topological polar surface area (TPSA) is 55.1 Å². The van der Waals surface area contributed by atoms with E-state index >= 15 is 0 Å². The molecule has 2 atom stereocenters. The SMILES string of the molecule is NC1CCCC1C(=O)NCc1ccccc1. The van der Waals surface area contributed by atoms with Gasteiger partial charge in [-0.25, -0.2) is 0 Å². The molecule has 0 radical (unpaired) electrons. The van der Waals surface area contributed by atoms with Gasteiger partial charge >= 0.3 is 0 Å². The van der Waals surface area contributed by atoms with Crippen LogP contribution in [0.2, 0.25) is 0 Å². The Balaban J connectivity index is 1.84. The lowest BCUT2D eigenvalue weighted by Gasteiger charge is -2.15. The van der Waals surface area contributed by atoms with Gasteiger partial charge in [-0.2, -0.15) is 0 Å². The lowest BCUT2D eigenvalue weighted by atomic mass is 10.0. The molecule has 3 nitrogen and oxygen atoms in total. The van der Waals surface area contributed by atoms with Gasteiger partial charge in [-0.3, -0.25) is 4.79 Å². The molecule has 3 heteroatoms. The molecule has 0 aromatic heterocycles. The van der Waals surface area contributed by atoms with Crippen LogP contribution >= 0.6 is 0 Å². The highest BCUT2D eigenvalue weighted by atomic mass is 16.1. The van der Waals surface area contributed by atoms with E-state index in [1.165, 1.54) is 0 Å². The van der Waals surface area contributed by atoms with Crippen LogP contribution in [0.3, 0.4) is 0 Å². The van der Waals surface area contributed by atoms with E-state index in [4.69, 9.17) is 5.73 Å². The number of amides is 1. The first kappa shape index (κ1) is 11.1. The molecule has 1 fully saturated rings. The molecule has 1 amide bonds. The van der Waals surface area contributed by atoms with Gasteiger partial charge in [-0.15, -0.1) is 0 Å². The minimum atomic E-state index is 0.0173. The highest BCUT2D eigenvalue weighted by Gasteiger charge is 2.29. The fourth-order valence-electron chi connectivity index (χ4n) is 2.23. The summed E-state index contributed by atoms with van der Waals surface area (Å²) < 4.78 is 0. The molecule has 1 aliphatic rings. The van der Waals surface area contributed by atoms with Crippen molar-refractivity contribution in [1.82, 2.24) is 5.32 Å². The molecule has 1 aromatic carbocycles. The second-order valence-corrected chi connectivity index (χ2v) is 4.40. The summed E-state index contributed by atoms with van der Waals surface area (Å²) in [7, 11) is 0. The fourth-order valence-corrected chi connectivity index (χ4v) is 2.23. The number of hydrogen-bond acceptors (Lipinski definition) is 2. The first-order valence-electron chi connectivity index (χ1n) is 5.84. The number of carbonyl (C=O) groups excluding carboxylic acids is 1. The van der Waals surface area contributed by atoms with Gasteiger partial charge in [0.05, 0.1) is 5.92 Å². The van der Waals surface area contributed by atoms with Crippen molar-refractivity contribution in [1.29, 1.82) is 0 Å². The lowest BCUT2D eigenvalue weighted by molar-refractivity contribution is -0.125. The van der Waals surface area contributed by atoms with Crippen molar-refractivity contribution in [2.24, 2.45) is 11.7 Å². The smallest absolute Gasteiger partial charge is 0.224 e. The molecule has 3 N–H and O–H groups in total. The van der Waals surface area contributed by atoms with Crippen LogP contribution in [0.4, 0.5) is 0 Å². The van der Waals surface area contributed by atoms with E-state index in [0.717, 1.165) is 24.8 Å². The van der Waals surface area contributed by atoms with Crippen LogP contribution in [-0.2, 0) is 11.3 Å². The van der Waals surface area contributed by atoms with Crippen LogP contribution in [-0.4, -0.2) is 11.9 Å². The van der Waals surface area contributed by atoms with E-state index < -0.39 is 0 Å². The Morgan fingerprint density at radius 2 is 2.06 bits per heavy atom. The Morgan fingerprint density at radius 1 is 1.31 bits per heavy atom. The summed E-state index contributed by atoms with van der Waals surface area (Å²) in [5, 5.41) is 2.95. The van der Waals surface area contributed by atoms with Crippen LogP contribution in [0, 0.1) is 5.92 Å². The summed E-state index contributed by atoms with van der Waals surface area (Å²) in [5.41, 5.74) is 7.02. The van der Waals surface area contributed by atoms with Gasteiger partial charge in [-0.1, -0.05) is 36.8 Å². The van der Waals surface area contributed by atoms with E-state index in [0.29, 0.717) is 6.54 Å². The van der Waals surface area contributed by atoms with Crippen molar-refractivity contribution in [3.05, 3.63) is 35.9 Å². The lowest BCUT2D eigenvalue weighted by Crippen LogP contribution is -2.38. The molecule has 0 spiro atoms. The van der Waals surface area contributed by atoms with E-state index in [9.17, 15) is 4.79 Å². The van der Waals surface area contributed by atoms with Crippen LogP contribution in [0.5, 0.6) is 0 Å². The largest absolute Gasteiger partial charge is 0.352 e. The fraction of sp³-hybridized carbons (Fsp3) is 0.462. The van der Waals surface area contributed by atoms with Crippen molar-refractivity contribution in [2.45, 2.75) is 31.8 Å². The number of nitrogens with two attached hydrogens (primary N) is 1. The molecule has 0 heterocycles. The normalized spacial score (nSPS) is 24.3. The Morgan fingerprint density at radius 3 is 2.69 bits per heavy atom. The van der Waals surface area contributed by atoms with Gasteiger partial charge in [0, 0.05) is 12.6 Å². The maximum absolute atomic E-state index is 11.8. The zero-order chi connectivity index (χ0) is 11.4. The molecule has 0 aliphatic heterocycles. The number of benzene rings is 1. The third-order valence-electron chi connectivity index (χ3n) is 3.22. The zero-order valence-corrected chi connectivity index (χ0v) is 9.36. The molecule has 16 heavy (non-hydrogen) atoms. The molecular formula is C13H18N2O. The van der Waals surface area contributed by atoms with Crippen LogP contribution in [0.15, 0.2) is 30.3 Å². The van der Waals surface area contributed by atoms with Gasteiger partial charge in [0.1, 0.15) is 0 Å². The van der Waals surface area contributed by atoms with Gasteiger partial charge in [0.25, 0.3) is 0 Å². The monoisotopic (exact) mass is 218 g/mol. The maximum atomic E-state index is 11.8. The average molecular weight is 218 g/mol. The summed E-state index contributed by atoms with van der Waals surface area (Å²) >= 11 is 0. The summed E-state index contributed by atoms with van der Waals surface area (Å²) in [6.07, 6.45) is 2.98. The Bertz CT molecular complexity index is 350. The summed E-state index contributed by atoms with van der Waals surface area (Å²) in [6.45, 7) is 0.600. The van der Waals surface area contributed by atoms with Gasteiger partial charge < -0.3 is 11.1 Å². The molecular weight excluding hydrogens is 200 g/mol. The van der Waals surface area contributed by atoms with E-state index in [-0.39, 0.29) is 17.9 Å². The quantitative estimate of drug-likeness (QED) is 0.806. The molecule has 0 bridgehead atoms. The number of hydrogen-bond donors (Lipinski definition) is 2. The van der Waals surface area contributed by atoms with Crippen LogP contribution in [0.1, 0.15) is 24.8 Å². The minimum Gasteiger partial charge on any atom is -0.352 e. The Hall–Kier alpha value is -1.35. The van der Waals surface area contributed by atoms with Gasteiger partial charge in [0.2, 0.25) is 5.91 Å². The first-order valence-corrected chi connectivity index (χ1v) is 5.84. The molecule has 86 valence electrons. The zero-order valence-electron chi connectivity index (χ0n) is 9.36. The Kier molecular flexibility index (Phi) is 3.57. The van der Waals surface area contributed by atoms with Crippen LogP contribution < -0.4 is 11.1 Å². The van der Waals surface area contributed by atoms with Crippen molar-refractivity contribution in [3.8, 4) is 0 Å². The second-order valence-electron chi connectivity index (χ2n) is 4.40. The summed E-state index contributed by atoms with van der Waals surface area (Å²) in [4.78, 5) is 11.8. The van der Waals surface area contributed by atoms with Crippen molar-refractivity contribution < 1.29 is 4.79 Å². The molecule has 1 saturated carbocycles. The van der Waals surface area contributed by atoms with Crippen molar-refractivity contribution in [2.75, 3.05) is 0 Å². The summed E-state index contributed by atoms with van der Waals surface area (Å²) in [5.74, 6) is 0.123. The highest BCUT2D eigenvalue weighted by Crippen LogP contribution is 2.23. The average Bonchev–Trinajstić information content (AvgIpc) is 2.74. The van der Waals surface area contributed by atoms with E-state index in [1.54, 1.807) is 0 Å². The van der Waals surface area contributed by atoms with Gasteiger partial charge in [-0.05, 0) is 18.4 Å². The predicted octanol–water partition coefficient (Wildman–Crippen LogP) is 1.43.